The summed E-state index contributed by atoms with van der Waals surface area (Å²) < 4.78 is 5.80. The molecule has 1 amide bonds. The molecule has 0 saturated carbocycles. The van der Waals surface area contributed by atoms with Gasteiger partial charge in [0.15, 0.2) is 0 Å². The summed E-state index contributed by atoms with van der Waals surface area (Å²) in [5.74, 6) is 0.813. The predicted octanol–water partition coefficient (Wildman–Crippen LogP) is 3.91. The van der Waals surface area contributed by atoms with Gasteiger partial charge in [0.1, 0.15) is 18.2 Å². The second-order valence-electron chi connectivity index (χ2n) is 4.94. The van der Waals surface area contributed by atoms with Crippen LogP contribution in [-0.4, -0.2) is 10.9 Å². The van der Waals surface area contributed by atoms with E-state index in [0.717, 1.165) is 5.56 Å². The van der Waals surface area contributed by atoms with Crippen LogP contribution in [0.1, 0.15) is 15.9 Å². The monoisotopic (exact) mass is 304 g/mol. The molecule has 0 spiro atoms. The van der Waals surface area contributed by atoms with E-state index in [9.17, 15) is 4.79 Å². The Morgan fingerprint density at radius 2 is 1.65 bits per heavy atom. The van der Waals surface area contributed by atoms with E-state index >= 15 is 0 Å². The lowest BCUT2D eigenvalue weighted by Gasteiger charge is -2.11. The molecule has 0 unspecified atom stereocenters. The SMILES string of the molecule is O=C(Nc1ccccn1)c1ccccc1OCc1ccccc1. The fourth-order valence-corrected chi connectivity index (χ4v) is 2.14. The largest absolute Gasteiger partial charge is 0.488 e. The highest BCUT2D eigenvalue weighted by Crippen LogP contribution is 2.20. The highest BCUT2D eigenvalue weighted by atomic mass is 16.5. The van der Waals surface area contributed by atoms with Gasteiger partial charge in [-0.2, -0.15) is 0 Å². The summed E-state index contributed by atoms with van der Waals surface area (Å²) in [6.45, 7) is 0.411. The van der Waals surface area contributed by atoms with Crippen LogP contribution in [0.3, 0.4) is 0 Å². The Bertz CT molecular complexity index is 774. The lowest BCUT2D eigenvalue weighted by atomic mass is 10.2. The van der Waals surface area contributed by atoms with Crippen LogP contribution in [0.5, 0.6) is 5.75 Å². The molecule has 0 aliphatic heterocycles. The van der Waals surface area contributed by atoms with Crippen molar-refractivity contribution in [1.82, 2.24) is 4.98 Å². The fourth-order valence-electron chi connectivity index (χ4n) is 2.14. The normalized spacial score (nSPS) is 10.1. The number of hydrogen-bond acceptors (Lipinski definition) is 3. The lowest BCUT2D eigenvalue weighted by Crippen LogP contribution is -2.14. The molecule has 1 heterocycles. The Balaban J connectivity index is 1.73. The van der Waals surface area contributed by atoms with Gasteiger partial charge in [-0.15, -0.1) is 0 Å². The first-order valence-corrected chi connectivity index (χ1v) is 7.31. The van der Waals surface area contributed by atoms with Crippen LogP contribution in [0.2, 0.25) is 0 Å². The number of carbonyl (C=O) groups is 1. The van der Waals surface area contributed by atoms with E-state index in [1.54, 1.807) is 30.5 Å². The second kappa shape index (κ2) is 7.22. The van der Waals surface area contributed by atoms with Gasteiger partial charge in [-0.05, 0) is 29.8 Å². The van der Waals surface area contributed by atoms with Crippen LogP contribution in [-0.2, 0) is 6.61 Å². The smallest absolute Gasteiger partial charge is 0.260 e. The van der Waals surface area contributed by atoms with E-state index in [1.807, 2.05) is 48.5 Å². The molecule has 1 N–H and O–H groups in total. The molecule has 1 aromatic heterocycles. The Kier molecular flexibility index (Phi) is 4.64. The summed E-state index contributed by atoms with van der Waals surface area (Å²) in [5.41, 5.74) is 1.53. The van der Waals surface area contributed by atoms with Crippen molar-refractivity contribution in [3.63, 3.8) is 0 Å². The first-order chi connectivity index (χ1) is 11.3. The maximum atomic E-state index is 12.4. The quantitative estimate of drug-likeness (QED) is 0.777. The van der Waals surface area contributed by atoms with Gasteiger partial charge >= 0.3 is 0 Å². The maximum Gasteiger partial charge on any atom is 0.260 e. The maximum absolute atomic E-state index is 12.4. The van der Waals surface area contributed by atoms with Crippen molar-refractivity contribution >= 4 is 11.7 Å². The molecule has 4 heteroatoms. The van der Waals surface area contributed by atoms with Crippen molar-refractivity contribution in [2.45, 2.75) is 6.61 Å². The van der Waals surface area contributed by atoms with Crippen LogP contribution in [0.4, 0.5) is 5.82 Å². The molecule has 23 heavy (non-hydrogen) atoms. The van der Waals surface area contributed by atoms with E-state index in [0.29, 0.717) is 23.7 Å². The Labute approximate surface area is 134 Å². The number of pyridine rings is 1. The van der Waals surface area contributed by atoms with Crippen molar-refractivity contribution in [1.29, 1.82) is 0 Å². The number of nitrogens with one attached hydrogen (secondary N) is 1. The molecular formula is C19H16N2O2. The standard InChI is InChI=1S/C19H16N2O2/c22-19(21-18-12-6-7-13-20-18)16-10-4-5-11-17(16)23-14-15-8-2-1-3-9-15/h1-13H,14H2,(H,20,21,22). The fraction of sp³-hybridized carbons (Fsp3) is 0.0526. The van der Waals surface area contributed by atoms with Crippen LogP contribution in [0.25, 0.3) is 0 Å². The number of nitrogens with zero attached hydrogens (tertiary/aromatic N) is 1. The van der Waals surface area contributed by atoms with Crippen LogP contribution < -0.4 is 10.1 Å². The number of benzene rings is 2. The van der Waals surface area contributed by atoms with Gasteiger partial charge < -0.3 is 10.1 Å². The average molecular weight is 304 g/mol. The van der Waals surface area contributed by atoms with Gasteiger partial charge in [0.2, 0.25) is 0 Å². The van der Waals surface area contributed by atoms with Crippen LogP contribution in [0.15, 0.2) is 79.0 Å². The third-order valence-electron chi connectivity index (χ3n) is 3.28. The molecular weight excluding hydrogens is 288 g/mol. The number of aromatic nitrogens is 1. The Morgan fingerprint density at radius 1 is 0.913 bits per heavy atom. The topological polar surface area (TPSA) is 51.2 Å². The Hall–Kier alpha value is -3.14. The molecule has 114 valence electrons. The number of carbonyl (C=O) groups excluding carboxylic acids is 1. The number of anilines is 1. The number of hydrogen-bond donors (Lipinski definition) is 1. The van der Waals surface area contributed by atoms with E-state index in [-0.39, 0.29) is 5.91 Å². The van der Waals surface area contributed by atoms with Gasteiger partial charge in [0.25, 0.3) is 5.91 Å². The second-order valence-corrected chi connectivity index (χ2v) is 4.94. The van der Waals surface area contributed by atoms with E-state index in [1.165, 1.54) is 0 Å². The molecule has 0 bridgehead atoms. The van der Waals surface area contributed by atoms with Gasteiger partial charge in [0.05, 0.1) is 5.56 Å². The predicted molar refractivity (Wildman–Crippen MR) is 89.4 cm³/mol. The summed E-state index contributed by atoms with van der Waals surface area (Å²) in [7, 11) is 0. The zero-order valence-electron chi connectivity index (χ0n) is 12.5. The molecule has 4 nitrogen and oxygen atoms in total. The van der Waals surface area contributed by atoms with Crippen molar-refractivity contribution in [2.24, 2.45) is 0 Å². The average Bonchev–Trinajstić information content (AvgIpc) is 2.62. The minimum atomic E-state index is -0.243. The molecule has 0 fully saturated rings. The van der Waals surface area contributed by atoms with E-state index < -0.39 is 0 Å². The molecule has 3 aromatic rings. The summed E-state index contributed by atoms with van der Waals surface area (Å²) >= 11 is 0. The van der Waals surface area contributed by atoms with Gasteiger partial charge in [-0.1, -0.05) is 48.5 Å². The van der Waals surface area contributed by atoms with Crippen LogP contribution in [0, 0.1) is 0 Å². The number of ether oxygens (including phenoxy) is 1. The van der Waals surface area contributed by atoms with Crippen molar-refractivity contribution in [2.75, 3.05) is 5.32 Å². The molecule has 0 aliphatic rings. The van der Waals surface area contributed by atoms with Crippen molar-refractivity contribution in [3.8, 4) is 5.75 Å². The Morgan fingerprint density at radius 3 is 2.43 bits per heavy atom. The summed E-state index contributed by atoms with van der Waals surface area (Å²) in [4.78, 5) is 16.5. The first kappa shape index (κ1) is 14.8. The number of para-hydroxylation sites is 1. The summed E-state index contributed by atoms with van der Waals surface area (Å²) in [6, 6.07) is 22.4. The third-order valence-corrected chi connectivity index (χ3v) is 3.28. The minimum Gasteiger partial charge on any atom is -0.488 e. The molecule has 0 aliphatic carbocycles. The van der Waals surface area contributed by atoms with Gasteiger partial charge in [-0.3, -0.25) is 4.79 Å². The minimum absolute atomic E-state index is 0.243. The first-order valence-electron chi connectivity index (χ1n) is 7.31. The number of rotatable bonds is 5. The van der Waals surface area contributed by atoms with Crippen molar-refractivity contribution < 1.29 is 9.53 Å². The van der Waals surface area contributed by atoms with Gasteiger partial charge in [-0.25, -0.2) is 4.98 Å². The molecule has 0 radical (unpaired) electrons. The zero-order chi connectivity index (χ0) is 15.9. The third kappa shape index (κ3) is 3.95. The highest BCUT2D eigenvalue weighted by molar-refractivity contribution is 6.05. The number of amides is 1. The van der Waals surface area contributed by atoms with E-state index in [2.05, 4.69) is 10.3 Å². The summed E-state index contributed by atoms with van der Waals surface area (Å²) in [6.07, 6.45) is 1.63. The van der Waals surface area contributed by atoms with E-state index in [4.69, 9.17) is 4.74 Å². The highest BCUT2D eigenvalue weighted by Gasteiger charge is 2.12. The molecule has 2 aromatic carbocycles. The molecule has 0 atom stereocenters. The van der Waals surface area contributed by atoms with Crippen molar-refractivity contribution in [3.05, 3.63) is 90.1 Å². The lowest BCUT2D eigenvalue weighted by molar-refractivity contribution is 0.102. The van der Waals surface area contributed by atoms with Gasteiger partial charge in [0, 0.05) is 6.20 Å². The molecule has 0 saturated heterocycles. The summed E-state index contributed by atoms with van der Waals surface area (Å²) in [5, 5.41) is 2.77. The molecule has 3 rings (SSSR count). The van der Waals surface area contributed by atoms with Crippen LogP contribution >= 0.6 is 0 Å². The zero-order valence-corrected chi connectivity index (χ0v) is 12.5.